The van der Waals surface area contributed by atoms with Gasteiger partial charge in [0.1, 0.15) is 5.60 Å². The second kappa shape index (κ2) is 7.44. The topological polar surface area (TPSA) is 53.0 Å². The summed E-state index contributed by atoms with van der Waals surface area (Å²) in [5.74, 6) is 0.0809. The molecule has 5 nitrogen and oxygen atoms in total. The molecule has 0 saturated carbocycles. The van der Waals surface area contributed by atoms with Crippen LogP contribution in [0, 0.1) is 0 Å². The van der Waals surface area contributed by atoms with Crippen LogP contribution in [0.2, 0.25) is 0 Å². The highest BCUT2D eigenvalue weighted by atomic mass is 32.2. The SMILES string of the molecule is CN1CCN(C(=O)c2ccc(SOC(C)(C)C(C)(C)O)cc2)CC1. The summed E-state index contributed by atoms with van der Waals surface area (Å²) >= 11 is 1.22. The Balaban J connectivity index is 1.94. The highest BCUT2D eigenvalue weighted by Gasteiger charge is 2.36. The molecule has 1 N–H and O–H groups in total. The maximum atomic E-state index is 12.5. The van der Waals surface area contributed by atoms with Crippen LogP contribution in [0.1, 0.15) is 38.1 Å². The summed E-state index contributed by atoms with van der Waals surface area (Å²) in [7, 11) is 2.07. The zero-order chi connectivity index (χ0) is 18.0. The van der Waals surface area contributed by atoms with Crippen molar-refractivity contribution in [3.8, 4) is 0 Å². The van der Waals surface area contributed by atoms with Crippen LogP contribution in [0.5, 0.6) is 0 Å². The van der Waals surface area contributed by atoms with Gasteiger partial charge in [0.2, 0.25) is 0 Å². The van der Waals surface area contributed by atoms with Crippen molar-refractivity contribution in [1.29, 1.82) is 0 Å². The maximum Gasteiger partial charge on any atom is 0.253 e. The Morgan fingerprint density at radius 3 is 2.12 bits per heavy atom. The molecular formula is C18H28N2O3S. The normalized spacial score (nSPS) is 17.2. The van der Waals surface area contributed by atoms with Crippen LogP contribution in [0.25, 0.3) is 0 Å². The molecule has 0 atom stereocenters. The first-order valence-corrected chi connectivity index (χ1v) is 9.00. The van der Waals surface area contributed by atoms with Gasteiger partial charge in [-0.05, 0) is 59.0 Å². The summed E-state index contributed by atoms with van der Waals surface area (Å²) in [4.78, 5) is 17.5. The van der Waals surface area contributed by atoms with Crippen LogP contribution in [-0.4, -0.2) is 65.2 Å². The van der Waals surface area contributed by atoms with Gasteiger partial charge in [-0.25, -0.2) is 0 Å². The summed E-state index contributed by atoms with van der Waals surface area (Å²) in [6.07, 6.45) is 0. The first-order valence-electron chi connectivity index (χ1n) is 8.26. The number of likely N-dealkylation sites (N-methyl/N-ethyl adjacent to an activating group) is 1. The monoisotopic (exact) mass is 352 g/mol. The molecule has 24 heavy (non-hydrogen) atoms. The minimum atomic E-state index is -0.947. The van der Waals surface area contributed by atoms with E-state index in [0.717, 1.165) is 31.1 Å². The van der Waals surface area contributed by atoms with Crippen molar-refractivity contribution in [3.63, 3.8) is 0 Å². The number of carbonyl (C=O) groups is 1. The zero-order valence-electron chi connectivity index (χ0n) is 15.2. The van der Waals surface area contributed by atoms with Crippen molar-refractivity contribution in [2.75, 3.05) is 33.2 Å². The first kappa shape index (κ1) is 19.2. The van der Waals surface area contributed by atoms with Gasteiger partial charge in [-0.3, -0.25) is 4.79 Å². The maximum absolute atomic E-state index is 12.5. The highest BCUT2D eigenvalue weighted by molar-refractivity contribution is 7.94. The molecule has 0 unspecified atom stereocenters. The molecule has 0 spiro atoms. The van der Waals surface area contributed by atoms with Gasteiger partial charge in [0.15, 0.2) is 0 Å². The smallest absolute Gasteiger partial charge is 0.253 e. The van der Waals surface area contributed by atoms with Crippen molar-refractivity contribution in [1.82, 2.24) is 9.80 Å². The molecule has 0 bridgehead atoms. The number of amides is 1. The first-order chi connectivity index (χ1) is 11.1. The molecule has 1 fully saturated rings. The number of hydrogen-bond acceptors (Lipinski definition) is 5. The number of nitrogens with zero attached hydrogens (tertiary/aromatic N) is 2. The number of aliphatic hydroxyl groups is 1. The van der Waals surface area contributed by atoms with Gasteiger partial charge in [0.25, 0.3) is 5.91 Å². The van der Waals surface area contributed by atoms with E-state index in [1.54, 1.807) is 13.8 Å². The van der Waals surface area contributed by atoms with E-state index in [1.165, 1.54) is 12.0 Å². The quantitative estimate of drug-likeness (QED) is 0.826. The summed E-state index contributed by atoms with van der Waals surface area (Å²) in [5, 5.41) is 10.1. The molecule has 0 aromatic heterocycles. The molecule has 1 aromatic carbocycles. The van der Waals surface area contributed by atoms with Crippen molar-refractivity contribution >= 4 is 17.9 Å². The van der Waals surface area contributed by atoms with Crippen LogP contribution < -0.4 is 0 Å². The van der Waals surface area contributed by atoms with E-state index in [4.69, 9.17) is 4.18 Å². The fourth-order valence-electron chi connectivity index (χ4n) is 2.10. The van der Waals surface area contributed by atoms with E-state index in [2.05, 4.69) is 11.9 Å². The molecule has 1 aliphatic heterocycles. The van der Waals surface area contributed by atoms with Gasteiger partial charge in [-0.2, -0.15) is 0 Å². The van der Waals surface area contributed by atoms with Crippen molar-refractivity contribution in [3.05, 3.63) is 29.8 Å². The number of carbonyl (C=O) groups excluding carboxylic acids is 1. The van der Waals surface area contributed by atoms with Crippen molar-refractivity contribution in [2.24, 2.45) is 0 Å². The largest absolute Gasteiger partial charge is 0.387 e. The standard InChI is InChI=1S/C18H28N2O3S/c1-17(2,22)18(3,4)23-24-15-8-6-14(7-9-15)16(21)20-12-10-19(5)11-13-20/h6-9,22H,10-13H2,1-5H3. The highest BCUT2D eigenvalue weighted by Crippen LogP contribution is 2.33. The van der Waals surface area contributed by atoms with E-state index in [0.29, 0.717) is 5.56 Å². The predicted molar refractivity (Wildman–Crippen MR) is 97.2 cm³/mol. The summed E-state index contributed by atoms with van der Waals surface area (Å²) in [5.41, 5.74) is -0.936. The molecule has 134 valence electrons. The fourth-order valence-corrected chi connectivity index (χ4v) is 2.86. The minimum Gasteiger partial charge on any atom is -0.387 e. The lowest BCUT2D eigenvalue weighted by Gasteiger charge is -2.35. The third-order valence-corrected chi connectivity index (χ3v) is 5.68. The fraction of sp³-hybridized carbons (Fsp3) is 0.611. The van der Waals surface area contributed by atoms with Crippen molar-refractivity contribution in [2.45, 2.75) is 43.8 Å². The average molecular weight is 353 g/mol. The Morgan fingerprint density at radius 2 is 1.62 bits per heavy atom. The van der Waals surface area contributed by atoms with E-state index in [-0.39, 0.29) is 5.91 Å². The van der Waals surface area contributed by atoms with Crippen LogP contribution in [0.4, 0.5) is 0 Å². The Labute approximate surface area is 149 Å². The Hall–Kier alpha value is -1.08. The van der Waals surface area contributed by atoms with Gasteiger partial charge < -0.3 is 19.1 Å². The van der Waals surface area contributed by atoms with E-state index >= 15 is 0 Å². The number of hydrogen-bond donors (Lipinski definition) is 1. The predicted octanol–water partition coefficient (Wildman–Crippen LogP) is 2.65. The molecule has 0 aliphatic carbocycles. The molecule has 2 rings (SSSR count). The lowest BCUT2D eigenvalue weighted by molar-refractivity contribution is -0.0813. The van der Waals surface area contributed by atoms with Gasteiger partial charge in [0, 0.05) is 48.7 Å². The molecule has 1 amide bonds. The summed E-state index contributed by atoms with van der Waals surface area (Å²) in [6, 6.07) is 7.44. The van der Waals surface area contributed by atoms with E-state index < -0.39 is 11.2 Å². The second-order valence-corrected chi connectivity index (χ2v) is 8.16. The molecule has 1 aromatic rings. The Bertz CT molecular complexity index is 559. The molecule has 1 heterocycles. The molecule has 1 saturated heterocycles. The van der Waals surface area contributed by atoms with E-state index in [9.17, 15) is 9.90 Å². The van der Waals surface area contributed by atoms with Crippen LogP contribution in [0.15, 0.2) is 29.2 Å². The van der Waals surface area contributed by atoms with E-state index in [1.807, 2.05) is 43.0 Å². The van der Waals surface area contributed by atoms with Gasteiger partial charge >= 0.3 is 0 Å². The second-order valence-electron chi connectivity index (χ2n) is 7.36. The summed E-state index contributed by atoms with van der Waals surface area (Å²) < 4.78 is 5.77. The third kappa shape index (κ3) is 4.72. The molecule has 0 radical (unpaired) electrons. The molecule has 6 heteroatoms. The van der Waals surface area contributed by atoms with Crippen LogP contribution in [-0.2, 0) is 4.18 Å². The number of rotatable bonds is 5. The molecule has 1 aliphatic rings. The van der Waals surface area contributed by atoms with Gasteiger partial charge in [-0.1, -0.05) is 0 Å². The minimum absolute atomic E-state index is 0.0809. The zero-order valence-corrected chi connectivity index (χ0v) is 16.0. The Morgan fingerprint density at radius 1 is 1.08 bits per heavy atom. The molecular weight excluding hydrogens is 324 g/mol. The van der Waals surface area contributed by atoms with Gasteiger partial charge in [0.05, 0.1) is 5.60 Å². The average Bonchev–Trinajstić information content (AvgIpc) is 2.52. The number of piperazine rings is 1. The lowest BCUT2D eigenvalue weighted by atomic mass is 9.90. The van der Waals surface area contributed by atoms with Crippen LogP contribution >= 0.6 is 12.0 Å². The lowest BCUT2D eigenvalue weighted by Crippen LogP contribution is -2.47. The third-order valence-electron chi connectivity index (χ3n) is 4.71. The number of benzene rings is 1. The van der Waals surface area contributed by atoms with Gasteiger partial charge in [-0.15, -0.1) is 0 Å². The summed E-state index contributed by atoms with van der Waals surface area (Å²) in [6.45, 7) is 10.5. The van der Waals surface area contributed by atoms with Crippen molar-refractivity contribution < 1.29 is 14.1 Å². The Kier molecular flexibility index (Phi) is 5.96. The van der Waals surface area contributed by atoms with Crippen LogP contribution in [0.3, 0.4) is 0 Å².